The summed E-state index contributed by atoms with van der Waals surface area (Å²) in [7, 11) is 1.72. The van der Waals surface area contributed by atoms with Crippen LogP contribution in [0.25, 0.3) is 0 Å². The molecule has 0 radical (unpaired) electrons. The highest BCUT2D eigenvalue weighted by atomic mass is 16.5. The van der Waals surface area contributed by atoms with Gasteiger partial charge in [0.05, 0.1) is 19.8 Å². The molecule has 1 aromatic carbocycles. The Morgan fingerprint density at radius 3 is 2.60 bits per heavy atom. The molecule has 0 saturated carbocycles. The van der Waals surface area contributed by atoms with E-state index in [1.54, 1.807) is 7.11 Å². The van der Waals surface area contributed by atoms with Crippen molar-refractivity contribution in [3.63, 3.8) is 0 Å². The zero-order valence-corrected chi connectivity index (χ0v) is 16.5. The van der Waals surface area contributed by atoms with Crippen LogP contribution in [0.4, 0.5) is 0 Å². The minimum absolute atomic E-state index is 0.188. The number of nitrogens with zero attached hydrogens (tertiary/aromatic N) is 1. The van der Waals surface area contributed by atoms with Gasteiger partial charge in [-0.1, -0.05) is 12.1 Å². The Bertz CT molecular complexity index is 569. The van der Waals surface area contributed by atoms with Crippen LogP contribution in [0.2, 0.25) is 0 Å². The molecule has 0 amide bonds. The van der Waals surface area contributed by atoms with Crippen LogP contribution in [-0.2, 0) is 11.2 Å². The summed E-state index contributed by atoms with van der Waals surface area (Å²) in [5, 5.41) is 3.79. The highest BCUT2D eigenvalue weighted by Gasteiger charge is 2.40. The number of methoxy groups -OCH3 is 1. The summed E-state index contributed by atoms with van der Waals surface area (Å²) in [5.41, 5.74) is 1.66. The fourth-order valence-electron chi connectivity index (χ4n) is 4.79. The van der Waals surface area contributed by atoms with Gasteiger partial charge in [-0.25, -0.2) is 0 Å². The zero-order valence-electron chi connectivity index (χ0n) is 16.5. The van der Waals surface area contributed by atoms with Crippen molar-refractivity contribution in [1.82, 2.24) is 10.2 Å². The van der Waals surface area contributed by atoms with Gasteiger partial charge in [-0.05, 0) is 58.2 Å². The minimum atomic E-state index is 0.188. The first-order valence-electron chi connectivity index (χ1n) is 9.54. The maximum atomic E-state index is 6.08. The van der Waals surface area contributed by atoms with Gasteiger partial charge in [0.1, 0.15) is 5.75 Å². The predicted molar refractivity (Wildman–Crippen MR) is 102 cm³/mol. The molecule has 2 saturated heterocycles. The summed E-state index contributed by atoms with van der Waals surface area (Å²) in [5.74, 6) is 0.923. The van der Waals surface area contributed by atoms with E-state index in [0.29, 0.717) is 6.04 Å². The van der Waals surface area contributed by atoms with Gasteiger partial charge < -0.3 is 14.8 Å². The van der Waals surface area contributed by atoms with Crippen molar-refractivity contribution in [3.8, 4) is 5.75 Å². The largest absolute Gasteiger partial charge is 0.497 e. The van der Waals surface area contributed by atoms with Crippen LogP contribution < -0.4 is 10.1 Å². The van der Waals surface area contributed by atoms with Crippen molar-refractivity contribution < 1.29 is 9.47 Å². The van der Waals surface area contributed by atoms with Crippen LogP contribution in [0.1, 0.15) is 46.1 Å². The Morgan fingerprint density at radius 1 is 1.20 bits per heavy atom. The van der Waals surface area contributed by atoms with E-state index in [1.165, 1.54) is 18.4 Å². The van der Waals surface area contributed by atoms with E-state index in [2.05, 4.69) is 56.1 Å². The predicted octanol–water partition coefficient (Wildman–Crippen LogP) is 3.25. The van der Waals surface area contributed by atoms with Gasteiger partial charge >= 0.3 is 0 Å². The van der Waals surface area contributed by atoms with Crippen molar-refractivity contribution in [2.24, 2.45) is 0 Å². The van der Waals surface area contributed by atoms with E-state index < -0.39 is 0 Å². The summed E-state index contributed by atoms with van der Waals surface area (Å²) in [6.07, 6.45) is 3.61. The molecule has 0 aromatic heterocycles. The molecule has 2 aliphatic rings. The van der Waals surface area contributed by atoms with Gasteiger partial charge in [0.15, 0.2) is 0 Å². The molecular formula is C21H34N2O2. The molecule has 1 aromatic rings. The third-order valence-electron chi connectivity index (χ3n) is 5.45. The average Bonchev–Trinajstić information content (AvgIpc) is 2.52. The molecule has 1 unspecified atom stereocenters. The van der Waals surface area contributed by atoms with E-state index in [9.17, 15) is 0 Å². The molecule has 4 nitrogen and oxygen atoms in total. The number of morpholine rings is 1. The molecular weight excluding hydrogens is 312 g/mol. The number of rotatable bonds is 4. The normalized spacial score (nSPS) is 27.2. The lowest BCUT2D eigenvalue weighted by atomic mass is 9.79. The van der Waals surface area contributed by atoms with Gasteiger partial charge in [-0.15, -0.1) is 0 Å². The van der Waals surface area contributed by atoms with Gasteiger partial charge in [0.25, 0.3) is 0 Å². The monoisotopic (exact) mass is 346 g/mol. The Morgan fingerprint density at radius 2 is 1.92 bits per heavy atom. The second-order valence-corrected chi connectivity index (χ2v) is 9.00. The van der Waals surface area contributed by atoms with Crippen LogP contribution >= 0.6 is 0 Å². The molecule has 0 bridgehead atoms. The summed E-state index contributed by atoms with van der Waals surface area (Å²) in [6.45, 7) is 12.2. The fraction of sp³-hybridized carbons (Fsp3) is 0.714. The summed E-state index contributed by atoms with van der Waals surface area (Å²) < 4.78 is 11.4. The van der Waals surface area contributed by atoms with Crippen LogP contribution in [-0.4, -0.2) is 54.9 Å². The maximum absolute atomic E-state index is 6.08. The Kier molecular flexibility index (Phi) is 5.42. The lowest BCUT2D eigenvalue weighted by Gasteiger charge is -2.51. The fourth-order valence-corrected chi connectivity index (χ4v) is 4.79. The molecule has 25 heavy (non-hydrogen) atoms. The van der Waals surface area contributed by atoms with Crippen LogP contribution in [0.3, 0.4) is 0 Å². The van der Waals surface area contributed by atoms with Crippen molar-refractivity contribution in [3.05, 3.63) is 29.8 Å². The molecule has 0 spiro atoms. The van der Waals surface area contributed by atoms with Crippen molar-refractivity contribution in [2.75, 3.05) is 26.8 Å². The SMILES string of the molecule is COc1cccc(CC2CN(C3CC(C)(C)NC(C)(C)C3)CCO2)c1. The van der Waals surface area contributed by atoms with Crippen molar-refractivity contribution in [2.45, 2.75) is 70.2 Å². The molecule has 2 heterocycles. The van der Waals surface area contributed by atoms with Gasteiger partial charge in [-0.3, -0.25) is 4.90 Å². The van der Waals surface area contributed by atoms with Crippen LogP contribution in [0.5, 0.6) is 5.75 Å². The molecule has 1 N–H and O–H groups in total. The Labute approximate surface area is 152 Å². The average molecular weight is 347 g/mol. The van der Waals surface area contributed by atoms with E-state index in [4.69, 9.17) is 9.47 Å². The number of benzene rings is 1. The quantitative estimate of drug-likeness (QED) is 0.907. The number of piperidine rings is 1. The van der Waals surface area contributed by atoms with E-state index >= 15 is 0 Å². The molecule has 1 atom stereocenters. The molecule has 0 aliphatic carbocycles. The number of nitrogens with one attached hydrogen (secondary N) is 1. The lowest BCUT2D eigenvalue weighted by Crippen LogP contribution is -2.63. The smallest absolute Gasteiger partial charge is 0.119 e. The Hall–Kier alpha value is -1.10. The van der Waals surface area contributed by atoms with E-state index in [1.807, 2.05) is 6.07 Å². The van der Waals surface area contributed by atoms with Gasteiger partial charge in [0, 0.05) is 36.6 Å². The third-order valence-corrected chi connectivity index (χ3v) is 5.45. The third kappa shape index (κ3) is 4.96. The van der Waals surface area contributed by atoms with Crippen molar-refractivity contribution in [1.29, 1.82) is 0 Å². The van der Waals surface area contributed by atoms with Gasteiger partial charge in [0.2, 0.25) is 0 Å². The first kappa shape index (κ1) is 18.7. The number of hydrogen-bond acceptors (Lipinski definition) is 4. The van der Waals surface area contributed by atoms with E-state index in [0.717, 1.165) is 31.9 Å². The highest BCUT2D eigenvalue weighted by molar-refractivity contribution is 5.28. The highest BCUT2D eigenvalue weighted by Crippen LogP contribution is 2.32. The molecule has 3 rings (SSSR count). The lowest BCUT2D eigenvalue weighted by molar-refractivity contribution is -0.0591. The van der Waals surface area contributed by atoms with Crippen LogP contribution in [0.15, 0.2) is 24.3 Å². The minimum Gasteiger partial charge on any atom is -0.497 e. The summed E-state index contributed by atoms with van der Waals surface area (Å²) in [6, 6.07) is 8.98. The topological polar surface area (TPSA) is 33.7 Å². The standard InChI is InChI=1S/C21H34N2O2/c1-20(2)13-17(14-21(3,4)22-20)23-9-10-25-19(15-23)12-16-7-6-8-18(11-16)24-5/h6-8,11,17,19,22H,9-10,12-15H2,1-5H3. The number of ether oxygens (including phenoxy) is 2. The second-order valence-electron chi connectivity index (χ2n) is 9.00. The van der Waals surface area contributed by atoms with E-state index in [-0.39, 0.29) is 17.2 Å². The molecule has 2 aliphatic heterocycles. The van der Waals surface area contributed by atoms with Crippen molar-refractivity contribution >= 4 is 0 Å². The first-order valence-corrected chi connectivity index (χ1v) is 9.54. The molecule has 140 valence electrons. The molecule has 4 heteroatoms. The van der Waals surface area contributed by atoms with Crippen LogP contribution in [0, 0.1) is 0 Å². The maximum Gasteiger partial charge on any atom is 0.119 e. The zero-order chi connectivity index (χ0) is 18.1. The summed E-state index contributed by atoms with van der Waals surface area (Å²) in [4.78, 5) is 2.67. The molecule has 2 fully saturated rings. The first-order chi connectivity index (χ1) is 11.8. The number of hydrogen-bond donors (Lipinski definition) is 1. The summed E-state index contributed by atoms with van der Waals surface area (Å²) >= 11 is 0. The van der Waals surface area contributed by atoms with Gasteiger partial charge in [-0.2, -0.15) is 0 Å². The second kappa shape index (κ2) is 7.26. The Balaban J connectivity index is 1.64.